The molecule has 0 aromatic rings. The van der Waals surface area contributed by atoms with Crippen molar-refractivity contribution in [2.24, 2.45) is 5.92 Å². The number of amides is 1. The van der Waals surface area contributed by atoms with Crippen molar-refractivity contribution in [2.45, 2.75) is 65.8 Å². The summed E-state index contributed by atoms with van der Waals surface area (Å²) in [6.45, 7) is 11.9. The van der Waals surface area contributed by atoms with Gasteiger partial charge in [0.15, 0.2) is 0 Å². The molecule has 4 heteroatoms. The molecule has 0 heterocycles. The minimum Gasteiger partial charge on any atom is -0.381 e. The number of ether oxygens (including phenoxy) is 1. The predicted molar refractivity (Wildman–Crippen MR) is 84.9 cm³/mol. The Morgan fingerprint density at radius 2 is 1.70 bits per heavy atom. The van der Waals surface area contributed by atoms with E-state index >= 15 is 0 Å². The van der Waals surface area contributed by atoms with E-state index in [1.165, 1.54) is 6.42 Å². The molecule has 0 atom stereocenters. The van der Waals surface area contributed by atoms with E-state index in [9.17, 15) is 4.79 Å². The number of rotatable bonds is 13. The van der Waals surface area contributed by atoms with Gasteiger partial charge < -0.3 is 15.4 Å². The topological polar surface area (TPSA) is 50.4 Å². The van der Waals surface area contributed by atoms with Gasteiger partial charge in [-0.1, -0.05) is 27.7 Å². The van der Waals surface area contributed by atoms with Gasteiger partial charge in [-0.2, -0.15) is 0 Å². The first-order valence-corrected chi connectivity index (χ1v) is 8.10. The summed E-state index contributed by atoms with van der Waals surface area (Å²) < 4.78 is 5.50. The van der Waals surface area contributed by atoms with Crippen LogP contribution < -0.4 is 10.6 Å². The molecule has 20 heavy (non-hydrogen) atoms. The molecule has 4 nitrogen and oxygen atoms in total. The van der Waals surface area contributed by atoms with Crippen molar-refractivity contribution in [3.63, 3.8) is 0 Å². The number of carbonyl (C=O) groups excluding carboxylic acids is 1. The summed E-state index contributed by atoms with van der Waals surface area (Å²) in [4.78, 5) is 11.5. The van der Waals surface area contributed by atoms with Crippen molar-refractivity contribution in [3.8, 4) is 0 Å². The van der Waals surface area contributed by atoms with Crippen molar-refractivity contribution >= 4 is 5.91 Å². The van der Waals surface area contributed by atoms with Crippen LogP contribution in [0.3, 0.4) is 0 Å². The first-order chi connectivity index (χ1) is 9.52. The number of carbonyl (C=O) groups is 1. The lowest BCUT2D eigenvalue weighted by Crippen LogP contribution is -2.25. The van der Waals surface area contributed by atoms with Crippen LogP contribution in [0.2, 0.25) is 0 Å². The highest BCUT2D eigenvalue weighted by Gasteiger charge is 2.01. The second-order valence-electron chi connectivity index (χ2n) is 6.06. The smallest absolute Gasteiger partial charge is 0.220 e. The van der Waals surface area contributed by atoms with Gasteiger partial charge in [0.05, 0.1) is 0 Å². The molecule has 0 aliphatic heterocycles. The SMILES string of the molecule is CC(C)CCCNC(=O)CCCOCCCNC(C)C. The molecule has 0 saturated heterocycles. The highest BCUT2D eigenvalue weighted by molar-refractivity contribution is 5.75. The van der Waals surface area contributed by atoms with Crippen LogP contribution in [0.15, 0.2) is 0 Å². The van der Waals surface area contributed by atoms with Crippen LogP contribution in [-0.2, 0) is 9.53 Å². The quantitative estimate of drug-likeness (QED) is 0.512. The summed E-state index contributed by atoms with van der Waals surface area (Å²) in [6, 6.07) is 0.536. The highest BCUT2D eigenvalue weighted by atomic mass is 16.5. The molecule has 0 aromatic heterocycles. The molecule has 0 spiro atoms. The largest absolute Gasteiger partial charge is 0.381 e. The van der Waals surface area contributed by atoms with Crippen molar-refractivity contribution in [1.82, 2.24) is 10.6 Å². The number of hydrogen-bond donors (Lipinski definition) is 2. The highest BCUT2D eigenvalue weighted by Crippen LogP contribution is 2.01. The van der Waals surface area contributed by atoms with E-state index in [2.05, 4.69) is 38.3 Å². The van der Waals surface area contributed by atoms with E-state index < -0.39 is 0 Å². The Hall–Kier alpha value is -0.610. The molecular weight excluding hydrogens is 252 g/mol. The summed E-state index contributed by atoms with van der Waals surface area (Å²) in [6.07, 6.45) is 4.66. The lowest BCUT2D eigenvalue weighted by molar-refractivity contribution is -0.121. The van der Waals surface area contributed by atoms with E-state index in [0.29, 0.717) is 25.0 Å². The molecule has 0 rings (SSSR count). The Kier molecular flexibility index (Phi) is 13.0. The van der Waals surface area contributed by atoms with Gasteiger partial charge >= 0.3 is 0 Å². The van der Waals surface area contributed by atoms with E-state index in [0.717, 1.165) is 39.0 Å². The summed E-state index contributed by atoms with van der Waals surface area (Å²) in [5.41, 5.74) is 0. The Labute approximate surface area is 125 Å². The Balaban J connectivity index is 3.19. The molecule has 0 bridgehead atoms. The van der Waals surface area contributed by atoms with Gasteiger partial charge in [-0.05, 0) is 38.1 Å². The fraction of sp³-hybridized carbons (Fsp3) is 0.938. The van der Waals surface area contributed by atoms with Crippen LogP contribution in [0.25, 0.3) is 0 Å². The maximum absolute atomic E-state index is 11.5. The standard InChI is InChI=1S/C16H34N2O2/c1-14(2)8-5-10-18-16(19)9-6-12-20-13-7-11-17-15(3)4/h14-15,17H,5-13H2,1-4H3,(H,18,19). The van der Waals surface area contributed by atoms with Crippen LogP contribution in [0.1, 0.15) is 59.8 Å². The Morgan fingerprint density at radius 3 is 2.35 bits per heavy atom. The fourth-order valence-corrected chi connectivity index (χ4v) is 1.83. The third kappa shape index (κ3) is 15.4. The van der Waals surface area contributed by atoms with Crippen molar-refractivity contribution < 1.29 is 9.53 Å². The zero-order valence-electron chi connectivity index (χ0n) is 13.8. The van der Waals surface area contributed by atoms with E-state index in [1.807, 2.05) is 0 Å². The molecule has 2 N–H and O–H groups in total. The molecule has 0 radical (unpaired) electrons. The third-order valence-corrected chi connectivity index (χ3v) is 2.99. The van der Waals surface area contributed by atoms with Crippen LogP contribution in [0.4, 0.5) is 0 Å². The maximum atomic E-state index is 11.5. The second-order valence-corrected chi connectivity index (χ2v) is 6.06. The molecule has 0 fully saturated rings. The van der Waals surface area contributed by atoms with Gasteiger partial charge in [0.2, 0.25) is 5.91 Å². The van der Waals surface area contributed by atoms with Gasteiger partial charge in [0.1, 0.15) is 0 Å². The van der Waals surface area contributed by atoms with Crippen molar-refractivity contribution in [2.75, 3.05) is 26.3 Å². The number of hydrogen-bond acceptors (Lipinski definition) is 3. The van der Waals surface area contributed by atoms with Crippen LogP contribution in [-0.4, -0.2) is 38.3 Å². The van der Waals surface area contributed by atoms with Crippen LogP contribution >= 0.6 is 0 Å². The average molecular weight is 286 g/mol. The van der Waals surface area contributed by atoms with E-state index in [4.69, 9.17) is 4.74 Å². The molecule has 0 saturated carbocycles. The van der Waals surface area contributed by atoms with Crippen LogP contribution in [0.5, 0.6) is 0 Å². The van der Waals surface area contributed by atoms with Gasteiger partial charge in [-0.15, -0.1) is 0 Å². The molecule has 0 aromatic carbocycles. The third-order valence-electron chi connectivity index (χ3n) is 2.99. The second kappa shape index (κ2) is 13.4. The molecule has 0 aliphatic carbocycles. The monoisotopic (exact) mass is 286 g/mol. The minimum atomic E-state index is 0.152. The van der Waals surface area contributed by atoms with Crippen LogP contribution in [0, 0.1) is 5.92 Å². The molecule has 120 valence electrons. The van der Waals surface area contributed by atoms with Gasteiger partial charge in [-0.25, -0.2) is 0 Å². The molecule has 1 amide bonds. The predicted octanol–water partition coefficient (Wildman–Crippen LogP) is 2.72. The lowest BCUT2D eigenvalue weighted by Gasteiger charge is -2.08. The minimum absolute atomic E-state index is 0.152. The molecule has 0 unspecified atom stereocenters. The zero-order valence-corrected chi connectivity index (χ0v) is 13.8. The summed E-state index contributed by atoms with van der Waals surface area (Å²) >= 11 is 0. The molecule has 0 aliphatic rings. The van der Waals surface area contributed by atoms with E-state index in [1.54, 1.807) is 0 Å². The first kappa shape index (κ1) is 19.4. The summed E-state index contributed by atoms with van der Waals surface area (Å²) in [5.74, 6) is 0.865. The van der Waals surface area contributed by atoms with Gasteiger partial charge in [-0.3, -0.25) is 4.79 Å². The molecular formula is C16H34N2O2. The van der Waals surface area contributed by atoms with Crippen molar-refractivity contribution in [3.05, 3.63) is 0 Å². The fourth-order valence-electron chi connectivity index (χ4n) is 1.83. The summed E-state index contributed by atoms with van der Waals surface area (Å²) in [5, 5.41) is 6.30. The maximum Gasteiger partial charge on any atom is 0.220 e. The van der Waals surface area contributed by atoms with Gasteiger partial charge in [0, 0.05) is 32.2 Å². The van der Waals surface area contributed by atoms with Crippen molar-refractivity contribution in [1.29, 1.82) is 0 Å². The Morgan fingerprint density at radius 1 is 1.00 bits per heavy atom. The zero-order chi connectivity index (χ0) is 15.2. The lowest BCUT2D eigenvalue weighted by atomic mass is 10.1. The first-order valence-electron chi connectivity index (χ1n) is 8.10. The van der Waals surface area contributed by atoms with Gasteiger partial charge in [0.25, 0.3) is 0 Å². The Bertz CT molecular complexity index is 231. The summed E-state index contributed by atoms with van der Waals surface area (Å²) in [7, 11) is 0. The van der Waals surface area contributed by atoms with E-state index in [-0.39, 0.29) is 5.91 Å². The normalized spacial score (nSPS) is 11.3. The average Bonchev–Trinajstić information content (AvgIpc) is 2.37. The number of nitrogens with one attached hydrogen (secondary N) is 2.